The van der Waals surface area contributed by atoms with E-state index in [2.05, 4.69) is 10.6 Å². The fourth-order valence-corrected chi connectivity index (χ4v) is 3.87. The zero-order valence-electron chi connectivity index (χ0n) is 16.0. The highest BCUT2D eigenvalue weighted by Crippen LogP contribution is 2.28. The quantitative estimate of drug-likeness (QED) is 0.682. The van der Waals surface area contributed by atoms with E-state index in [1.54, 1.807) is 7.11 Å². The van der Waals surface area contributed by atoms with Crippen LogP contribution in [0, 0.1) is 0 Å². The number of hydrogen-bond acceptors (Lipinski definition) is 5. The Morgan fingerprint density at radius 3 is 2.71 bits per heavy atom. The molecule has 0 aliphatic carbocycles. The summed E-state index contributed by atoms with van der Waals surface area (Å²) >= 11 is 1.90. The Morgan fingerprint density at radius 2 is 2.00 bits per heavy atom. The van der Waals surface area contributed by atoms with Crippen molar-refractivity contribution in [2.75, 3.05) is 25.2 Å². The smallest absolute Gasteiger partial charge is 0.221 e. The molecule has 0 radical (unpaired) electrons. The lowest BCUT2D eigenvalue weighted by atomic mass is 10.1. The molecule has 5 nitrogen and oxygen atoms in total. The Bertz CT molecular complexity index is 740. The molecule has 1 aliphatic rings. The van der Waals surface area contributed by atoms with Gasteiger partial charge in [-0.15, -0.1) is 12.4 Å². The maximum absolute atomic E-state index is 12.1. The minimum Gasteiger partial charge on any atom is -0.493 e. The first-order valence-electron chi connectivity index (χ1n) is 9.16. The summed E-state index contributed by atoms with van der Waals surface area (Å²) in [5.41, 5.74) is 2.09. The summed E-state index contributed by atoms with van der Waals surface area (Å²) in [4.78, 5) is 12.1. The topological polar surface area (TPSA) is 59.6 Å². The summed E-state index contributed by atoms with van der Waals surface area (Å²) in [7, 11) is 1.62. The number of hydrogen-bond donors (Lipinski definition) is 2. The molecular weight excluding hydrogens is 396 g/mol. The van der Waals surface area contributed by atoms with Crippen molar-refractivity contribution in [2.24, 2.45) is 0 Å². The standard InChI is InChI=1S/C21H26N2O3S.ClH/c1-25-20-11-17(13-23-21(24)12-18-15-27-10-9-22-18)7-8-19(20)26-14-16-5-3-2-4-6-16;/h2-8,11,18,22H,9-10,12-15H2,1H3,(H,23,24);1H. The lowest BCUT2D eigenvalue weighted by molar-refractivity contribution is -0.121. The van der Waals surface area contributed by atoms with Crippen molar-refractivity contribution in [3.63, 3.8) is 0 Å². The molecule has 1 amide bonds. The molecule has 1 aliphatic heterocycles. The Hall–Kier alpha value is -1.89. The zero-order valence-corrected chi connectivity index (χ0v) is 17.6. The maximum Gasteiger partial charge on any atom is 0.221 e. The normalized spacial score (nSPS) is 16.0. The van der Waals surface area contributed by atoms with Crippen molar-refractivity contribution < 1.29 is 14.3 Å². The molecule has 2 aromatic carbocycles. The number of rotatable bonds is 8. The number of methoxy groups -OCH3 is 1. The van der Waals surface area contributed by atoms with E-state index in [-0.39, 0.29) is 24.4 Å². The van der Waals surface area contributed by atoms with Gasteiger partial charge < -0.3 is 20.1 Å². The summed E-state index contributed by atoms with van der Waals surface area (Å²) < 4.78 is 11.3. The van der Waals surface area contributed by atoms with Crippen LogP contribution in [-0.4, -0.2) is 37.1 Å². The minimum atomic E-state index is 0. The molecule has 0 saturated carbocycles. The number of benzene rings is 2. The zero-order chi connectivity index (χ0) is 18.9. The lowest BCUT2D eigenvalue weighted by Gasteiger charge is -2.22. The van der Waals surface area contributed by atoms with Gasteiger partial charge in [0.15, 0.2) is 11.5 Å². The van der Waals surface area contributed by atoms with Gasteiger partial charge in [0.05, 0.1) is 7.11 Å². The van der Waals surface area contributed by atoms with Gasteiger partial charge in [-0.2, -0.15) is 11.8 Å². The molecule has 2 aromatic rings. The molecule has 1 unspecified atom stereocenters. The molecule has 7 heteroatoms. The number of ether oxygens (including phenoxy) is 2. The van der Waals surface area contributed by atoms with Crippen LogP contribution < -0.4 is 20.1 Å². The molecule has 28 heavy (non-hydrogen) atoms. The summed E-state index contributed by atoms with van der Waals surface area (Å²) in [6, 6.07) is 16.0. The summed E-state index contributed by atoms with van der Waals surface area (Å²) in [5.74, 6) is 3.55. The second-order valence-corrected chi connectivity index (χ2v) is 7.62. The number of nitrogens with one attached hydrogen (secondary N) is 2. The first-order chi connectivity index (χ1) is 13.2. The number of amides is 1. The average Bonchev–Trinajstić information content (AvgIpc) is 2.72. The van der Waals surface area contributed by atoms with Crippen LogP contribution in [0.2, 0.25) is 0 Å². The van der Waals surface area contributed by atoms with E-state index >= 15 is 0 Å². The van der Waals surface area contributed by atoms with E-state index in [9.17, 15) is 4.79 Å². The van der Waals surface area contributed by atoms with Gasteiger partial charge in [-0.3, -0.25) is 4.79 Å². The molecule has 2 N–H and O–H groups in total. The van der Waals surface area contributed by atoms with Gasteiger partial charge in [0.1, 0.15) is 6.61 Å². The highest BCUT2D eigenvalue weighted by atomic mass is 35.5. The Balaban J connectivity index is 0.00000280. The number of carbonyl (C=O) groups is 1. The summed E-state index contributed by atoms with van der Waals surface area (Å²) in [5, 5.41) is 6.37. The largest absolute Gasteiger partial charge is 0.493 e. The highest BCUT2D eigenvalue weighted by Gasteiger charge is 2.16. The first-order valence-corrected chi connectivity index (χ1v) is 10.3. The average molecular weight is 423 g/mol. The van der Waals surface area contributed by atoms with Crippen LogP contribution in [0.5, 0.6) is 11.5 Å². The SMILES string of the molecule is COc1cc(CNC(=O)CC2CSCCN2)ccc1OCc1ccccc1.Cl. The monoisotopic (exact) mass is 422 g/mol. The predicted octanol–water partition coefficient (Wildman–Crippen LogP) is 3.41. The maximum atomic E-state index is 12.1. The van der Waals surface area contributed by atoms with E-state index in [0.717, 1.165) is 29.2 Å². The van der Waals surface area contributed by atoms with Crippen LogP contribution in [0.1, 0.15) is 17.5 Å². The fraction of sp³-hybridized carbons (Fsp3) is 0.381. The Morgan fingerprint density at radius 1 is 1.18 bits per heavy atom. The number of halogens is 1. The Kier molecular flexibility index (Phi) is 9.47. The van der Waals surface area contributed by atoms with Crippen molar-refractivity contribution in [1.82, 2.24) is 10.6 Å². The number of thioether (sulfide) groups is 1. The van der Waals surface area contributed by atoms with Crippen LogP contribution in [0.15, 0.2) is 48.5 Å². The fourth-order valence-electron chi connectivity index (χ4n) is 2.92. The van der Waals surface area contributed by atoms with Crippen molar-refractivity contribution >= 4 is 30.1 Å². The van der Waals surface area contributed by atoms with Gasteiger partial charge in [-0.25, -0.2) is 0 Å². The molecule has 152 valence electrons. The van der Waals surface area contributed by atoms with E-state index < -0.39 is 0 Å². The van der Waals surface area contributed by atoms with Gasteiger partial charge >= 0.3 is 0 Å². The van der Waals surface area contributed by atoms with Crippen LogP contribution >= 0.6 is 24.2 Å². The lowest BCUT2D eigenvalue weighted by Crippen LogP contribution is -2.41. The first kappa shape index (κ1) is 22.4. The van der Waals surface area contributed by atoms with Gasteiger partial charge in [0.2, 0.25) is 5.91 Å². The second-order valence-electron chi connectivity index (χ2n) is 6.47. The van der Waals surface area contributed by atoms with Crippen molar-refractivity contribution in [1.29, 1.82) is 0 Å². The molecule has 1 heterocycles. The summed E-state index contributed by atoms with van der Waals surface area (Å²) in [6.07, 6.45) is 0.516. The van der Waals surface area contributed by atoms with Crippen molar-refractivity contribution in [3.05, 3.63) is 59.7 Å². The minimum absolute atomic E-state index is 0. The molecular formula is C21H27ClN2O3S. The van der Waals surface area contributed by atoms with E-state index in [1.165, 1.54) is 0 Å². The van der Waals surface area contributed by atoms with Gasteiger partial charge in [-0.05, 0) is 23.3 Å². The Labute approximate surface area is 177 Å². The van der Waals surface area contributed by atoms with E-state index in [1.807, 2.05) is 60.3 Å². The van der Waals surface area contributed by atoms with Gasteiger partial charge in [0, 0.05) is 37.1 Å². The van der Waals surface area contributed by atoms with Crippen molar-refractivity contribution in [3.8, 4) is 11.5 Å². The third kappa shape index (κ3) is 6.93. The third-order valence-corrected chi connectivity index (χ3v) is 5.52. The van der Waals surface area contributed by atoms with Gasteiger partial charge in [0.25, 0.3) is 0 Å². The van der Waals surface area contributed by atoms with Crippen LogP contribution in [0.25, 0.3) is 0 Å². The molecule has 1 saturated heterocycles. The molecule has 0 spiro atoms. The second kappa shape index (κ2) is 11.8. The van der Waals surface area contributed by atoms with Crippen LogP contribution in [0.3, 0.4) is 0 Å². The summed E-state index contributed by atoms with van der Waals surface area (Å²) in [6.45, 7) is 1.94. The van der Waals surface area contributed by atoms with E-state index in [4.69, 9.17) is 9.47 Å². The predicted molar refractivity (Wildman–Crippen MR) is 117 cm³/mol. The number of carbonyl (C=O) groups excluding carboxylic acids is 1. The molecule has 3 rings (SSSR count). The van der Waals surface area contributed by atoms with E-state index in [0.29, 0.717) is 31.1 Å². The van der Waals surface area contributed by atoms with Crippen LogP contribution in [-0.2, 0) is 17.9 Å². The molecule has 1 fully saturated rings. The molecule has 0 bridgehead atoms. The highest BCUT2D eigenvalue weighted by molar-refractivity contribution is 7.99. The molecule has 0 aromatic heterocycles. The van der Waals surface area contributed by atoms with Crippen LogP contribution in [0.4, 0.5) is 0 Å². The van der Waals surface area contributed by atoms with Gasteiger partial charge in [-0.1, -0.05) is 36.4 Å². The molecule has 1 atom stereocenters. The van der Waals surface area contributed by atoms with Crippen molar-refractivity contribution in [2.45, 2.75) is 25.6 Å². The third-order valence-electron chi connectivity index (χ3n) is 4.39.